The van der Waals surface area contributed by atoms with Crippen LogP contribution in [-0.4, -0.2) is 37.0 Å². The minimum absolute atomic E-state index is 0.0956. The van der Waals surface area contributed by atoms with E-state index in [-0.39, 0.29) is 18.3 Å². The zero-order valence-electron chi connectivity index (χ0n) is 22.7. The Kier molecular flexibility index (Phi) is 9.16. The number of benzene rings is 2. The Morgan fingerprint density at radius 1 is 1.18 bits per heavy atom. The molecule has 0 saturated heterocycles. The first-order chi connectivity index (χ1) is 18.7. The molecular weight excluding hydrogens is 631 g/mol. The molecule has 4 rings (SSSR count). The summed E-state index contributed by atoms with van der Waals surface area (Å²) in [5, 5.41) is 0. The highest BCUT2D eigenvalue weighted by atomic mass is 127. The molecule has 0 unspecified atom stereocenters. The van der Waals surface area contributed by atoms with Crippen LogP contribution in [0.3, 0.4) is 0 Å². The van der Waals surface area contributed by atoms with Crippen molar-refractivity contribution >= 4 is 46.0 Å². The van der Waals surface area contributed by atoms with Crippen LogP contribution in [0, 0.1) is 3.57 Å². The van der Waals surface area contributed by atoms with Crippen molar-refractivity contribution in [2.75, 3.05) is 20.3 Å². The van der Waals surface area contributed by atoms with Crippen LogP contribution >= 0.6 is 33.9 Å². The topological polar surface area (TPSA) is 88.4 Å². The van der Waals surface area contributed by atoms with Crippen molar-refractivity contribution in [2.24, 2.45) is 4.99 Å². The zero-order chi connectivity index (χ0) is 28.3. The number of carbonyl (C=O) groups is 1. The summed E-state index contributed by atoms with van der Waals surface area (Å²) in [6, 6.07) is 10.5. The number of rotatable bonds is 9. The van der Waals surface area contributed by atoms with E-state index in [0.29, 0.717) is 44.5 Å². The van der Waals surface area contributed by atoms with Crippen molar-refractivity contribution in [2.45, 2.75) is 46.8 Å². The van der Waals surface area contributed by atoms with Gasteiger partial charge in [-0.05, 0) is 93.1 Å². The van der Waals surface area contributed by atoms with E-state index in [0.717, 1.165) is 14.7 Å². The van der Waals surface area contributed by atoms with Crippen molar-refractivity contribution in [3.63, 3.8) is 0 Å². The molecule has 0 amide bonds. The number of nitrogens with zero attached hydrogens (tertiary/aromatic N) is 2. The highest BCUT2D eigenvalue weighted by Gasteiger charge is 2.33. The molecule has 0 fully saturated rings. The molecule has 0 aliphatic carbocycles. The minimum atomic E-state index is -0.699. The molecule has 1 aliphatic rings. The second-order valence-corrected chi connectivity index (χ2v) is 11.3. The van der Waals surface area contributed by atoms with Crippen LogP contribution in [0.5, 0.6) is 17.2 Å². The Morgan fingerprint density at radius 2 is 1.90 bits per heavy atom. The predicted molar refractivity (Wildman–Crippen MR) is 159 cm³/mol. The minimum Gasteiger partial charge on any atom is -0.494 e. The number of carbonyl (C=O) groups excluding carboxylic acids is 1. The van der Waals surface area contributed by atoms with Crippen molar-refractivity contribution in [3.05, 3.63) is 82.1 Å². The number of esters is 1. The van der Waals surface area contributed by atoms with Crippen molar-refractivity contribution in [1.29, 1.82) is 0 Å². The molecule has 0 N–H and O–H groups in total. The number of hydrogen-bond acceptors (Lipinski definition) is 8. The number of halogens is 1. The van der Waals surface area contributed by atoms with Gasteiger partial charge in [-0.1, -0.05) is 23.5 Å². The Balaban J connectivity index is 1.95. The number of thiazole rings is 1. The van der Waals surface area contributed by atoms with Crippen LogP contribution in [0.4, 0.5) is 0 Å². The van der Waals surface area contributed by atoms with E-state index in [2.05, 4.69) is 27.6 Å². The lowest BCUT2D eigenvalue weighted by atomic mass is 9.96. The quantitative estimate of drug-likeness (QED) is 0.246. The third-order valence-electron chi connectivity index (χ3n) is 5.93. The Morgan fingerprint density at radius 3 is 2.51 bits per heavy atom. The van der Waals surface area contributed by atoms with E-state index >= 15 is 0 Å². The molecule has 2 aromatic carbocycles. The normalized spacial score (nSPS) is 15.2. The molecule has 206 valence electrons. The summed E-state index contributed by atoms with van der Waals surface area (Å²) in [7, 11) is 1.59. The van der Waals surface area contributed by atoms with Crippen LogP contribution in [0.2, 0.25) is 0 Å². The van der Waals surface area contributed by atoms with Gasteiger partial charge in [0.2, 0.25) is 0 Å². The van der Waals surface area contributed by atoms with Crippen LogP contribution < -0.4 is 29.1 Å². The summed E-state index contributed by atoms with van der Waals surface area (Å²) in [6.07, 6.45) is 1.70. The molecule has 1 aromatic heterocycles. The maximum absolute atomic E-state index is 14.0. The molecule has 2 heterocycles. The van der Waals surface area contributed by atoms with Gasteiger partial charge in [0.25, 0.3) is 5.56 Å². The largest absolute Gasteiger partial charge is 0.494 e. The molecule has 8 nitrogen and oxygen atoms in total. The number of fused-ring (bicyclic) bond motifs is 1. The fraction of sp³-hybridized carbons (Fsp3) is 0.345. The van der Waals surface area contributed by atoms with Crippen LogP contribution in [0.25, 0.3) is 6.08 Å². The van der Waals surface area contributed by atoms with E-state index in [1.165, 1.54) is 11.3 Å². The first-order valence-electron chi connectivity index (χ1n) is 12.6. The average molecular weight is 663 g/mol. The lowest BCUT2D eigenvalue weighted by Gasteiger charge is -2.24. The van der Waals surface area contributed by atoms with Crippen LogP contribution in [0.15, 0.2) is 57.5 Å². The Bertz CT molecular complexity index is 1590. The maximum atomic E-state index is 14.0. The van der Waals surface area contributed by atoms with E-state index in [1.807, 2.05) is 57.2 Å². The van der Waals surface area contributed by atoms with E-state index in [9.17, 15) is 9.59 Å². The first-order valence-corrected chi connectivity index (χ1v) is 14.5. The molecule has 0 spiro atoms. The molecule has 0 saturated carbocycles. The second kappa shape index (κ2) is 12.4. The molecule has 0 bridgehead atoms. The van der Waals surface area contributed by atoms with Gasteiger partial charge in [0.15, 0.2) is 16.3 Å². The average Bonchev–Trinajstić information content (AvgIpc) is 3.19. The summed E-state index contributed by atoms with van der Waals surface area (Å²) < 4.78 is 25.6. The van der Waals surface area contributed by atoms with E-state index in [1.54, 1.807) is 31.6 Å². The van der Waals surface area contributed by atoms with E-state index in [4.69, 9.17) is 18.9 Å². The number of ether oxygens (including phenoxy) is 4. The molecule has 0 radical (unpaired) electrons. The highest BCUT2D eigenvalue weighted by Crippen LogP contribution is 2.35. The smallest absolute Gasteiger partial charge is 0.338 e. The van der Waals surface area contributed by atoms with Crippen molar-refractivity contribution in [3.8, 4) is 17.2 Å². The van der Waals surface area contributed by atoms with Gasteiger partial charge in [0.1, 0.15) is 5.75 Å². The molecule has 1 atom stereocenters. The number of aromatic nitrogens is 1. The predicted octanol–water partition coefficient (Wildman–Crippen LogP) is 4.60. The summed E-state index contributed by atoms with van der Waals surface area (Å²) in [4.78, 5) is 32.3. The molecule has 3 aromatic rings. The van der Waals surface area contributed by atoms with Gasteiger partial charge >= 0.3 is 5.97 Å². The maximum Gasteiger partial charge on any atom is 0.338 e. The molecular formula is C29H31IN2O6S. The summed E-state index contributed by atoms with van der Waals surface area (Å²) in [6.45, 7) is 10.1. The highest BCUT2D eigenvalue weighted by molar-refractivity contribution is 14.1. The van der Waals surface area contributed by atoms with Gasteiger partial charge in [0, 0.05) is 9.13 Å². The third kappa shape index (κ3) is 6.06. The first kappa shape index (κ1) is 28.9. The van der Waals surface area contributed by atoms with Crippen LogP contribution in [0.1, 0.15) is 51.8 Å². The molecule has 1 aliphatic heterocycles. The lowest BCUT2D eigenvalue weighted by Crippen LogP contribution is -2.39. The fourth-order valence-corrected chi connectivity index (χ4v) is 6.03. The zero-order valence-corrected chi connectivity index (χ0v) is 25.7. The third-order valence-corrected chi connectivity index (χ3v) is 7.54. The fourth-order valence-electron chi connectivity index (χ4n) is 4.37. The summed E-state index contributed by atoms with van der Waals surface area (Å²) >= 11 is 3.47. The van der Waals surface area contributed by atoms with Crippen molar-refractivity contribution in [1.82, 2.24) is 4.57 Å². The van der Waals surface area contributed by atoms with Crippen LogP contribution in [-0.2, 0) is 9.53 Å². The SMILES string of the molecule is CCOC(=O)C1=C(C)N=c2s/c(=C\c3cc(I)cc(OC)c3OC(C)C)c(=O)n2[C@@H]1c1ccc(OCC)cc1. The Hall–Kier alpha value is -3.12. The van der Waals surface area contributed by atoms with Gasteiger partial charge < -0.3 is 18.9 Å². The number of methoxy groups -OCH3 is 1. The van der Waals surface area contributed by atoms with E-state index < -0.39 is 12.0 Å². The van der Waals surface area contributed by atoms with Gasteiger partial charge in [-0.25, -0.2) is 9.79 Å². The van der Waals surface area contributed by atoms with Gasteiger partial charge in [0.05, 0.1) is 48.3 Å². The van der Waals surface area contributed by atoms with Gasteiger partial charge in [-0.15, -0.1) is 0 Å². The number of hydrogen-bond donors (Lipinski definition) is 0. The summed E-state index contributed by atoms with van der Waals surface area (Å²) in [5.41, 5.74) is 2.06. The summed E-state index contributed by atoms with van der Waals surface area (Å²) in [5.74, 6) is 1.35. The standard InChI is InChI=1S/C29H31IN2O6S/c1-7-36-21-11-9-18(10-12-21)25-24(28(34)37-8-2)17(5)31-29-32(25)27(33)23(39-29)14-19-13-20(30)15-22(35-6)26(19)38-16(3)4/h9-16,25H,7-8H2,1-6H3/b23-14-/t25-/m1/s1. The van der Waals surface area contributed by atoms with Crippen molar-refractivity contribution < 1.29 is 23.7 Å². The molecule has 10 heteroatoms. The second-order valence-electron chi connectivity index (χ2n) is 9.00. The lowest BCUT2D eigenvalue weighted by molar-refractivity contribution is -0.139. The molecule has 39 heavy (non-hydrogen) atoms. The Labute approximate surface area is 244 Å². The van der Waals surface area contributed by atoms with Gasteiger partial charge in [-0.3, -0.25) is 9.36 Å². The van der Waals surface area contributed by atoms with Gasteiger partial charge in [-0.2, -0.15) is 0 Å². The monoisotopic (exact) mass is 662 g/mol. The number of allylic oxidation sites excluding steroid dienone is 1.